The normalized spacial score (nSPS) is 12.3. The van der Waals surface area contributed by atoms with Crippen molar-refractivity contribution in [3.05, 3.63) is 140 Å². The fourth-order valence-corrected chi connectivity index (χ4v) is 7.85. The lowest BCUT2D eigenvalue weighted by atomic mass is 9.92. The first-order valence-corrected chi connectivity index (χ1v) is 15.6. The van der Waals surface area contributed by atoms with Crippen LogP contribution in [0, 0.1) is 0 Å². The van der Waals surface area contributed by atoms with E-state index in [-0.39, 0.29) is 0 Å². The Bertz CT molecular complexity index is 2910. The fraction of sp³-hybridized carbons (Fsp3) is 0. The highest BCUT2D eigenvalue weighted by Crippen LogP contribution is 2.50. The predicted octanol–water partition coefficient (Wildman–Crippen LogP) is 11.1. The molecule has 0 fully saturated rings. The maximum Gasteiger partial charge on any atom is 0.235 e. The molecule has 212 valence electrons. The summed E-state index contributed by atoms with van der Waals surface area (Å²) < 4.78 is 8.54. The zero-order chi connectivity index (χ0) is 29.9. The van der Waals surface area contributed by atoms with E-state index in [2.05, 4.69) is 132 Å². The topological polar surface area (TPSA) is 43.9 Å². The number of nitrogens with zero attached hydrogens (tertiary/aromatic N) is 3. The van der Waals surface area contributed by atoms with E-state index in [1.165, 1.54) is 49.4 Å². The number of hydrogen-bond acceptors (Lipinski definition) is 3. The molecule has 4 nitrogen and oxygen atoms in total. The quantitative estimate of drug-likeness (QED) is 0.203. The van der Waals surface area contributed by atoms with Gasteiger partial charge >= 0.3 is 0 Å². The van der Waals surface area contributed by atoms with Crippen molar-refractivity contribution in [2.75, 3.05) is 0 Å². The number of furan rings is 1. The Labute approximate surface area is 262 Å². The minimum Gasteiger partial charge on any atom is -0.453 e. The van der Waals surface area contributed by atoms with E-state index < -0.39 is 0 Å². The molecule has 7 aromatic carbocycles. The molecule has 0 saturated heterocycles. The minimum atomic E-state index is 0.628. The first-order valence-electron chi connectivity index (χ1n) is 15.6. The summed E-state index contributed by atoms with van der Waals surface area (Å²) >= 11 is 0. The second-order valence-corrected chi connectivity index (χ2v) is 12.2. The van der Waals surface area contributed by atoms with Gasteiger partial charge in [-0.05, 0) is 79.2 Å². The van der Waals surface area contributed by atoms with E-state index in [0.29, 0.717) is 11.5 Å². The molecular formula is C42H23N3O. The highest BCUT2D eigenvalue weighted by Gasteiger charge is 2.26. The Balaban J connectivity index is 1.33. The van der Waals surface area contributed by atoms with E-state index in [4.69, 9.17) is 14.4 Å². The molecule has 3 heterocycles. The molecule has 0 N–H and O–H groups in total. The van der Waals surface area contributed by atoms with Crippen molar-refractivity contribution in [1.29, 1.82) is 0 Å². The molecule has 0 unspecified atom stereocenters. The van der Waals surface area contributed by atoms with Gasteiger partial charge in [-0.3, -0.25) is 4.57 Å². The lowest BCUT2D eigenvalue weighted by Gasteiger charge is -2.14. The summed E-state index contributed by atoms with van der Waals surface area (Å²) in [6.45, 7) is 0. The summed E-state index contributed by atoms with van der Waals surface area (Å²) in [7, 11) is 0. The zero-order valence-electron chi connectivity index (χ0n) is 24.5. The number of aromatic nitrogens is 3. The monoisotopic (exact) mass is 585 g/mol. The lowest BCUT2D eigenvalue weighted by molar-refractivity contribution is 0.665. The van der Waals surface area contributed by atoms with Crippen LogP contribution in [0.25, 0.3) is 105 Å². The van der Waals surface area contributed by atoms with Gasteiger partial charge in [0.1, 0.15) is 11.1 Å². The largest absolute Gasteiger partial charge is 0.453 e. The maximum absolute atomic E-state index is 6.29. The van der Waals surface area contributed by atoms with Crippen molar-refractivity contribution < 1.29 is 4.42 Å². The Hall–Kier alpha value is -6.26. The third-order valence-electron chi connectivity index (χ3n) is 9.77. The van der Waals surface area contributed by atoms with Crippen LogP contribution in [0.4, 0.5) is 0 Å². The summed E-state index contributed by atoms with van der Waals surface area (Å²) in [5.41, 5.74) is 11.8. The first kappa shape index (κ1) is 24.1. The molecule has 11 rings (SSSR count). The number of rotatable bonds is 2. The van der Waals surface area contributed by atoms with Gasteiger partial charge in [0.15, 0.2) is 5.58 Å². The predicted molar refractivity (Wildman–Crippen MR) is 189 cm³/mol. The summed E-state index contributed by atoms with van der Waals surface area (Å²) in [6, 6.07) is 47.8. The van der Waals surface area contributed by atoms with Crippen LogP contribution in [0.5, 0.6) is 0 Å². The molecule has 3 aromatic heterocycles. The number of hydrogen-bond donors (Lipinski definition) is 0. The van der Waals surface area contributed by atoms with Crippen LogP contribution in [0.1, 0.15) is 0 Å². The molecule has 0 spiro atoms. The van der Waals surface area contributed by atoms with Gasteiger partial charge in [-0.2, -0.15) is 0 Å². The van der Waals surface area contributed by atoms with Gasteiger partial charge < -0.3 is 4.42 Å². The Morgan fingerprint density at radius 3 is 2.07 bits per heavy atom. The second-order valence-electron chi connectivity index (χ2n) is 12.2. The molecule has 0 atom stereocenters. The van der Waals surface area contributed by atoms with Crippen LogP contribution in [-0.4, -0.2) is 14.5 Å². The van der Waals surface area contributed by atoms with Crippen molar-refractivity contribution >= 4 is 65.4 Å². The van der Waals surface area contributed by atoms with Gasteiger partial charge in [-0.25, -0.2) is 9.97 Å². The zero-order valence-corrected chi connectivity index (χ0v) is 24.5. The van der Waals surface area contributed by atoms with E-state index in [9.17, 15) is 0 Å². The molecule has 0 radical (unpaired) electrons. The van der Waals surface area contributed by atoms with Gasteiger partial charge in [0.25, 0.3) is 0 Å². The van der Waals surface area contributed by atoms with Crippen LogP contribution in [0.15, 0.2) is 144 Å². The van der Waals surface area contributed by atoms with E-state index in [1.807, 2.05) is 12.3 Å². The standard InChI is InChI=1S/C42H23N3O/c1-2-9-24(10-3-1)27-21-32-31-16-7-13-26-12-6-15-29(37(26)31)30-17-8-18-33-38(30)39(32)34(22-27)45(33)42-43-23-36-41(44-42)40-28-14-5-4-11-25(28)19-20-35(40)46-36/h1-23H. The van der Waals surface area contributed by atoms with Gasteiger partial charge in [0.05, 0.1) is 22.6 Å². The minimum absolute atomic E-state index is 0.628. The highest BCUT2D eigenvalue weighted by molar-refractivity contribution is 6.27. The van der Waals surface area contributed by atoms with E-state index in [1.54, 1.807) is 0 Å². The molecule has 46 heavy (non-hydrogen) atoms. The third-order valence-corrected chi connectivity index (χ3v) is 9.77. The molecule has 1 aliphatic carbocycles. The van der Waals surface area contributed by atoms with Crippen LogP contribution >= 0.6 is 0 Å². The van der Waals surface area contributed by atoms with Crippen molar-refractivity contribution in [1.82, 2.24) is 14.5 Å². The second kappa shape index (κ2) is 8.68. The lowest BCUT2D eigenvalue weighted by Crippen LogP contribution is -2.01. The average molecular weight is 586 g/mol. The Morgan fingerprint density at radius 2 is 1.20 bits per heavy atom. The van der Waals surface area contributed by atoms with Gasteiger partial charge in [-0.15, -0.1) is 0 Å². The van der Waals surface area contributed by atoms with Crippen molar-refractivity contribution in [3.63, 3.8) is 0 Å². The molecule has 10 aromatic rings. The number of benzene rings is 7. The maximum atomic E-state index is 6.29. The van der Waals surface area contributed by atoms with Crippen LogP contribution in [-0.2, 0) is 0 Å². The van der Waals surface area contributed by atoms with Crippen LogP contribution in [0.2, 0.25) is 0 Å². The fourth-order valence-electron chi connectivity index (χ4n) is 7.85. The summed E-state index contributed by atoms with van der Waals surface area (Å²) in [5, 5.41) is 8.29. The Morgan fingerprint density at radius 1 is 0.478 bits per heavy atom. The summed E-state index contributed by atoms with van der Waals surface area (Å²) in [5.74, 6) is 0.628. The van der Waals surface area contributed by atoms with Crippen molar-refractivity contribution in [2.24, 2.45) is 0 Å². The molecule has 0 amide bonds. The highest BCUT2D eigenvalue weighted by atomic mass is 16.3. The van der Waals surface area contributed by atoms with Crippen molar-refractivity contribution in [3.8, 4) is 39.3 Å². The third kappa shape index (κ3) is 3.07. The number of fused-ring (bicyclic) bond motifs is 7. The average Bonchev–Trinajstić information content (AvgIpc) is 3.63. The molecule has 1 aliphatic rings. The van der Waals surface area contributed by atoms with Crippen LogP contribution < -0.4 is 0 Å². The smallest absolute Gasteiger partial charge is 0.235 e. The molecule has 0 bridgehead atoms. The van der Waals surface area contributed by atoms with Gasteiger partial charge in [0.2, 0.25) is 5.95 Å². The van der Waals surface area contributed by atoms with Crippen molar-refractivity contribution in [2.45, 2.75) is 0 Å². The molecule has 0 aliphatic heterocycles. The molecule has 0 saturated carbocycles. The first-order chi connectivity index (χ1) is 22.8. The SMILES string of the molecule is c1ccc(-c2cc3c4c5c(cccc5n(-c5ncc6oc7ccc8ccccc8c7c6n5)c4c2)-c2cccc4cccc-3c24)cc1. The van der Waals surface area contributed by atoms with Gasteiger partial charge in [-0.1, -0.05) is 109 Å². The Kier molecular flexibility index (Phi) is 4.55. The molecule has 4 heteroatoms. The van der Waals surface area contributed by atoms with E-state index >= 15 is 0 Å². The van der Waals surface area contributed by atoms with E-state index in [0.717, 1.165) is 43.9 Å². The summed E-state index contributed by atoms with van der Waals surface area (Å²) in [6.07, 6.45) is 1.83. The molecular weight excluding hydrogens is 562 g/mol. The summed E-state index contributed by atoms with van der Waals surface area (Å²) in [4.78, 5) is 10.3. The van der Waals surface area contributed by atoms with Crippen LogP contribution in [0.3, 0.4) is 0 Å². The van der Waals surface area contributed by atoms with Gasteiger partial charge in [0, 0.05) is 10.8 Å².